The van der Waals surface area contributed by atoms with Crippen LogP contribution in [0.25, 0.3) is 0 Å². The third-order valence-electron chi connectivity index (χ3n) is 6.72. The van der Waals surface area contributed by atoms with Gasteiger partial charge in [0, 0.05) is 12.6 Å². The van der Waals surface area contributed by atoms with E-state index in [2.05, 4.69) is 36.4 Å². The normalized spacial score (nSPS) is 17.8. The molecule has 4 aromatic carbocycles. The van der Waals surface area contributed by atoms with E-state index in [-0.39, 0.29) is 12.5 Å². The quantitative estimate of drug-likeness (QED) is 0.351. The fourth-order valence-electron chi connectivity index (χ4n) is 4.90. The van der Waals surface area contributed by atoms with Crippen molar-refractivity contribution >= 4 is 5.91 Å². The van der Waals surface area contributed by atoms with Gasteiger partial charge in [-0.1, -0.05) is 121 Å². The zero-order chi connectivity index (χ0) is 24.8. The van der Waals surface area contributed by atoms with Crippen LogP contribution in [0.4, 0.5) is 0 Å². The molecule has 0 saturated carbocycles. The summed E-state index contributed by atoms with van der Waals surface area (Å²) in [5.74, 6) is -0.137. The van der Waals surface area contributed by atoms with E-state index in [1.165, 1.54) is 6.08 Å². The third-order valence-corrected chi connectivity index (χ3v) is 6.72. The molecule has 0 aromatic heterocycles. The van der Waals surface area contributed by atoms with E-state index < -0.39 is 17.7 Å². The predicted octanol–water partition coefficient (Wildman–Crippen LogP) is 5.32. The van der Waals surface area contributed by atoms with Gasteiger partial charge in [-0.2, -0.15) is 0 Å². The Morgan fingerprint density at radius 1 is 0.694 bits per heavy atom. The van der Waals surface area contributed by atoms with Crippen LogP contribution in [-0.4, -0.2) is 34.7 Å². The first-order valence-electron chi connectivity index (χ1n) is 12.2. The number of ether oxygens (including phenoxy) is 1. The highest BCUT2D eigenvalue weighted by Crippen LogP contribution is 2.41. The second-order valence-corrected chi connectivity index (χ2v) is 8.96. The molecule has 1 aliphatic heterocycles. The van der Waals surface area contributed by atoms with Crippen LogP contribution in [0.2, 0.25) is 0 Å². The number of nitrogens with zero attached hydrogens (tertiary/aromatic N) is 1. The molecule has 4 nitrogen and oxygen atoms in total. The van der Waals surface area contributed by atoms with Gasteiger partial charge in [0.25, 0.3) is 0 Å². The van der Waals surface area contributed by atoms with Crippen molar-refractivity contribution in [3.05, 3.63) is 156 Å². The Labute approximate surface area is 212 Å². The van der Waals surface area contributed by atoms with Crippen LogP contribution in [0, 0.1) is 0 Å². The van der Waals surface area contributed by atoms with Gasteiger partial charge < -0.3 is 14.7 Å². The van der Waals surface area contributed by atoms with Crippen LogP contribution >= 0.6 is 0 Å². The Morgan fingerprint density at radius 3 is 1.61 bits per heavy atom. The fourth-order valence-corrected chi connectivity index (χ4v) is 4.90. The van der Waals surface area contributed by atoms with Crippen molar-refractivity contribution in [1.82, 2.24) is 4.90 Å². The SMILES string of the molecule is O=C1C=C[C@H](O)[C@@H](COC(c2ccccc2)(c2ccccc2)c2ccccc2)N1Cc1ccccc1. The maximum absolute atomic E-state index is 13.0. The van der Waals surface area contributed by atoms with Gasteiger partial charge in [-0.25, -0.2) is 0 Å². The summed E-state index contributed by atoms with van der Waals surface area (Å²) >= 11 is 0. The van der Waals surface area contributed by atoms with Crippen molar-refractivity contribution in [3.8, 4) is 0 Å². The molecule has 180 valence electrons. The summed E-state index contributed by atoms with van der Waals surface area (Å²) in [6, 6.07) is 39.6. The zero-order valence-corrected chi connectivity index (χ0v) is 20.0. The molecule has 0 spiro atoms. The van der Waals surface area contributed by atoms with Gasteiger partial charge in [-0.05, 0) is 28.3 Å². The molecule has 1 heterocycles. The lowest BCUT2D eigenvalue weighted by Gasteiger charge is -2.41. The monoisotopic (exact) mass is 475 g/mol. The van der Waals surface area contributed by atoms with Gasteiger partial charge in [0.05, 0.1) is 18.8 Å². The molecule has 0 aliphatic carbocycles. The Balaban J connectivity index is 1.56. The summed E-state index contributed by atoms with van der Waals surface area (Å²) < 4.78 is 6.93. The molecule has 4 aromatic rings. The first kappa shape index (κ1) is 23.7. The second-order valence-electron chi connectivity index (χ2n) is 8.96. The van der Waals surface area contributed by atoms with E-state index >= 15 is 0 Å². The Hall–Kier alpha value is -3.99. The molecule has 1 N–H and O–H groups in total. The van der Waals surface area contributed by atoms with Crippen molar-refractivity contribution in [2.75, 3.05) is 6.61 Å². The fraction of sp³-hybridized carbons (Fsp3) is 0.156. The molecule has 1 aliphatic rings. The summed E-state index contributed by atoms with van der Waals surface area (Å²) in [5, 5.41) is 11.0. The number of benzene rings is 4. The number of carbonyl (C=O) groups excluding carboxylic acids is 1. The topological polar surface area (TPSA) is 49.8 Å². The van der Waals surface area contributed by atoms with E-state index in [1.807, 2.05) is 84.9 Å². The van der Waals surface area contributed by atoms with Crippen LogP contribution in [0.15, 0.2) is 133 Å². The maximum Gasteiger partial charge on any atom is 0.247 e. The van der Waals surface area contributed by atoms with Gasteiger partial charge >= 0.3 is 0 Å². The van der Waals surface area contributed by atoms with Gasteiger partial charge in [0.2, 0.25) is 5.91 Å². The molecule has 0 radical (unpaired) electrons. The van der Waals surface area contributed by atoms with E-state index in [4.69, 9.17) is 4.74 Å². The van der Waals surface area contributed by atoms with Crippen molar-refractivity contribution < 1.29 is 14.6 Å². The largest absolute Gasteiger partial charge is 0.387 e. The zero-order valence-electron chi connectivity index (χ0n) is 20.0. The second kappa shape index (κ2) is 10.7. The van der Waals surface area contributed by atoms with Crippen molar-refractivity contribution in [2.45, 2.75) is 24.3 Å². The number of hydrogen-bond acceptors (Lipinski definition) is 3. The molecular formula is C32H29NO3. The van der Waals surface area contributed by atoms with Crippen LogP contribution in [0.5, 0.6) is 0 Å². The third kappa shape index (κ3) is 4.74. The van der Waals surface area contributed by atoms with E-state index in [0.717, 1.165) is 22.3 Å². The van der Waals surface area contributed by atoms with Crippen molar-refractivity contribution in [1.29, 1.82) is 0 Å². The average Bonchev–Trinajstić information content (AvgIpc) is 2.94. The molecule has 0 unspecified atom stereocenters. The highest BCUT2D eigenvalue weighted by Gasteiger charge is 2.40. The lowest BCUT2D eigenvalue weighted by molar-refractivity contribution is -0.137. The molecule has 0 saturated heterocycles. The molecule has 0 fully saturated rings. The highest BCUT2D eigenvalue weighted by atomic mass is 16.5. The molecule has 5 rings (SSSR count). The first-order chi connectivity index (χ1) is 17.7. The molecular weight excluding hydrogens is 446 g/mol. The first-order valence-corrected chi connectivity index (χ1v) is 12.2. The molecule has 2 atom stereocenters. The van der Waals surface area contributed by atoms with Gasteiger partial charge in [-0.3, -0.25) is 4.79 Å². The van der Waals surface area contributed by atoms with Gasteiger partial charge in [0.1, 0.15) is 5.60 Å². The minimum Gasteiger partial charge on any atom is -0.387 e. The molecule has 36 heavy (non-hydrogen) atoms. The van der Waals surface area contributed by atoms with E-state index in [1.54, 1.807) is 11.0 Å². The van der Waals surface area contributed by atoms with E-state index in [0.29, 0.717) is 6.54 Å². The molecule has 0 bridgehead atoms. The minimum absolute atomic E-state index is 0.137. The van der Waals surface area contributed by atoms with Crippen LogP contribution in [0.1, 0.15) is 22.3 Å². The average molecular weight is 476 g/mol. The number of aliphatic hydroxyl groups excluding tert-OH is 1. The summed E-state index contributed by atoms with van der Waals surface area (Å²) in [6.45, 7) is 0.535. The molecule has 1 amide bonds. The lowest BCUT2D eigenvalue weighted by Crippen LogP contribution is -2.52. The maximum atomic E-state index is 13.0. The smallest absolute Gasteiger partial charge is 0.247 e. The number of hydrogen-bond donors (Lipinski definition) is 1. The standard InChI is InChI=1S/C32H29NO3/c34-30-21-22-31(35)33(23-25-13-5-1-6-14-25)29(30)24-36-32(26-15-7-2-8-16-26,27-17-9-3-10-18-27)28-19-11-4-12-20-28/h1-22,29-30,34H,23-24H2/t29-,30+/m1/s1. The summed E-state index contributed by atoms with van der Waals surface area (Å²) in [5.41, 5.74) is 3.00. The Morgan fingerprint density at radius 2 is 1.14 bits per heavy atom. The predicted molar refractivity (Wildman–Crippen MR) is 141 cm³/mol. The van der Waals surface area contributed by atoms with Crippen molar-refractivity contribution in [3.63, 3.8) is 0 Å². The number of aliphatic hydroxyl groups is 1. The number of rotatable bonds is 8. The Kier molecular flexibility index (Phi) is 7.08. The highest BCUT2D eigenvalue weighted by molar-refractivity contribution is 5.89. The number of amides is 1. The van der Waals surface area contributed by atoms with Gasteiger partial charge in [0.15, 0.2) is 0 Å². The lowest BCUT2D eigenvalue weighted by atomic mass is 9.80. The Bertz CT molecular complexity index is 1190. The van der Waals surface area contributed by atoms with Gasteiger partial charge in [-0.15, -0.1) is 0 Å². The number of carbonyl (C=O) groups is 1. The van der Waals surface area contributed by atoms with Crippen molar-refractivity contribution in [2.24, 2.45) is 0 Å². The summed E-state index contributed by atoms with van der Waals surface area (Å²) in [6.07, 6.45) is 2.17. The minimum atomic E-state index is -0.924. The van der Waals surface area contributed by atoms with E-state index in [9.17, 15) is 9.90 Å². The van der Waals surface area contributed by atoms with Crippen LogP contribution in [-0.2, 0) is 21.7 Å². The van der Waals surface area contributed by atoms with Crippen LogP contribution < -0.4 is 0 Å². The molecule has 4 heteroatoms. The summed E-state index contributed by atoms with van der Waals surface area (Å²) in [4.78, 5) is 14.7. The summed E-state index contributed by atoms with van der Waals surface area (Å²) in [7, 11) is 0. The van der Waals surface area contributed by atoms with Crippen LogP contribution in [0.3, 0.4) is 0 Å².